The summed E-state index contributed by atoms with van der Waals surface area (Å²) >= 11 is 0. The van der Waals surface area contributed by atoms with Gasteiger partial charge in [0.25, 0.3) is 0 Å². The van der Waals surface area contributed by atoms with Crippen LogP contribution in [0.1, 0.15) is 22.6 Å². The first-order valence-electron chi connectivity index (χ1n) is 12.0. The molecule has 1 heterocycles. The second-order valence-electron chi connectivity index (χ2n) is 9.27. The third-order valence-corrected chi connectivity index (χ3v) is 7.55. The Morgan fingerprint density at radius 2 is 1.54 bits per heavy atom. The van der Waals surface area contributed by atoms with E-state index in [9.17, 15) is 27.1 Å². The van der Waals surface area contributed by atoms with Crippen molar-refractivity contribution in [2.75, 3.05) is 37.7 Å². The molecule has 1 aliphatic carbocycles. The summed E-state index contributed by atoms with van der Waals surface area (Å²) in [6.07, 6.45) is -0.412. The zero-order valence-corrected chi connectivity index (χ0v) is 20.8. The summed E-state index contributed by atoms with van der Waals surface area (Å²) in [7, 11) is -6.62. The summed E-state index contributed by atoms with van der Waals surface area (Å²) in [4.78, 5) is 16.4. The molecule has 3 aromatic rings. The number of carbonyl (C=O) groups is 1. The van der Waals surface area contributed by atoms with Gasteiger partial charge in [-0.05, 0) is 45.4 Å². The van der Waals surface area contributed by atoms with Gasteiger partial charge in [-0.1, -0.05) is 54.6 Å². The van der Waals surface area contributed by atoms with Gasteiger partial charge in [0.2, 0.25) is 0 Å². The molecule has 0 aromatic heterocycles. The molecule has 192 valence electrons. The van der Waals surface area contributed by atoms with Crippen molar-refractivity contribution >= 4 is 34.6 Å². The van der Waals surface area contributed by atoms with Crippen LogP contribution in [-0.4, -0.2) is 69.4 Å². The number of hydrogen-bond donors (Lipinski definition) is 2. The number of hydrogen-bond acceptors (Lipinski definition) is 7. The molecule has 3 aromatic carbocycles. The lowest BCUT2D eigenvalue weighted by molar-refractivity contribution is 0.0977. The minimum Gasteiger partial charge on any atom is -0.448 e. The van der Waals surface area contributed by atoms with Crippen LogP contribution in [0, 0.1) is 0 Å². The van der Waals surface area contributed by atoms with Crippen LogP contribution in [0.4, 0.5) is 14.4 Å². The third kappa shape index (κ3) is 5.48. The molecule has 8 nitrogen and oxygen atoms in total. The minimum absolute atomic E-state index is 0.0320. The van der Waals surface area contributed by atoms with Crippen LogP contribution in [-0.2, 0) is 20.7 Å². The highest BCUT2D eigenvalue weighted by molar-refractivity contribution is 7.85. The smallest absolute Gasteiger partial charge is 0.448 e. The highest BCUT2D eigenvalue weighted by atomic mass is 32.3. The molecule has 2 aliphatic rings. The molecule has 37 heavy (non-hydrogen) atoms. The van der Waals surface area contributed by atoms with Crippen molar-refractivity contribution in [3.05, 3.63) is 83.4 Å². The topological polar surface area (TPSA) is 107 Å². The molecule has 1 saturated heterocycles. The largest absolute Gasteiger partial charge is 0.488 e. The number of nitrogens with zero attached hydrogens (tertiary/aromatic N) is 2. The molecule has 0 unspecified atom stereocenters. The van der Waals surface area contributed by atoms with Crippen molar-refractivity contribution in [1.82, 2.24) is 4.90 Å². The van der Waals surface area contributed by atoms with Gasteiger partial charge >= 0.3 is 23.4 Å². The van der Waals surface area contributed by atoms with E-state index in [2.05, 4.69) is 24.3 Å². The Balaban J connectivity index is 1.23. The Morgan fingerprint density at radius 1 is 0.946 bits per heavy atom. The van der Waals surface area contributed by atoms with Crippen LogP contribution < -0.4 is 10.4 Å². The number of anilines is 1. The standard InChI is InChI=1S/C26H26BFN2O6S/c28-37(34,35)17-18-13-19(27(32)33)15-20(14-18)29-9-11-30(12-10-29)26(31)36-16-25-23-7-3-1-5-21(23)22-6-2-4-8-24(22)25/h1-8,13-15,25,32-33H,9-12,16-17H2. The first-order valence-corrected chi connectivity index (χ1v) is 13.5. The van der Waals surface area contributed by atoms with E-state index in [4.69, 9.17) is 4.74 Å². The van der Waals surface area contributed by atoms with Crippen LogP contribution >= 0.6 is 0 Å². The molecular formula is C26H26BFN2O6S. The fourth-order valence-corrected chi connectivity index (χ4v) is 5.71. The Morgan fingerprint density at radius 3 is 2.11 bits per heavy atom. The van der Waals surface area contributed by atoms with E-state index in [0.29, 0.717) is 31.9 Å². The highest BCUT2D eigenvalue weighted by Crippen LogP contribution is 2.44. The molecule has 1 fully saturated rings. The van der Waals surface area contributed by atoms with Crippen molar-refractivity contribution in [1.29, 1.82) is 0 Å². The van der Waals surface area contributed by atoms with Gasteiger partial charge in [0.15, 0.2) is 0 Å². The lowest BCUT2D eigenvalue weighted by Gasteiger charge is -2.36. The lowest BCUT2D eigenvalue weighted by atomic mass is 9.79. The zero-order valence-electron chi connectivity index (χ0n) is 20.0. The zero-order chi connectivity index (χ0) is 26.2. The average molecular weight is 524 g/mol. The summed E-state index contributed by atoms with van der Waals surface area (Å²) < 4.78 is 41.2. The first-order chi connectivity index (χ1) is 17.7. The molecule has 0 bridgehead atoms. The average Bonchev–Trinajstić information content (AvgIpc) is 3.20. The molecule has 0 atom stereocenters. The van der Waals surface area contributed by atoms with Crippen molar-refractivity contribution in [2.24, 2.45) is 0 Å². The van der Waals surface area contributed by atoms with Gasteiger partial charge in [-0.15, -0.1) is 3.89 Å². The summed E-state index contributed by atoms with van der Waals surface area (Å²) in [5, 5.41) is 19.2. The quantitative estimate of drug-likeness (QED) is 0.376. The number of benzene rings is 3. The number of piperazine rings is 1. The van der Waals surface area contributed by atoms with Crippen molar-refractivity contribution < 1.29 is 31.9 Å². The molecule has 1 amide bonds. The third-order valence-electron chi connectivity index (χ3n) is 6.88. The van der Waals surface area contributed by atoms with Gasteiger partial charge < -0.3 is 24.6 Å². The normalized spacial score (nSPS) is 15.3. The predicted molar refractivity (Wildman–Crippen MR) is 139 cm³/mol. The van der Waals surface area contributed by atoms with E-state index in [1.54, 1.807) is 4.90 Å². The van der Waals surface area contributed by atoms with Gasteiger partial charge in [-0.2, -0.15) is 8.42 Å². The van der Waals surface area contributed by atoms with Crippen LogP contribution in [0.2, 0.25) is 0 Å². The SMILES string of the molecule is O=C(OCC1c2ccccc2-c2ccccc21)N1CCN(c2cc(CS(=O)(=O)F)cc(B(O)O)c2)CC1. The van der Waals surface area contributed by atoms with Crippen LogP contribution in [0.5, 0.6) is 0 Å². The van der Waals surface area contributed by atoms with E-state index >= 15 is 0 Å². The van der Waals surface area contributed by atoms with Crippen LogP contribution in [0.25, 0.3) is 11.1 Å². The molecule has 5 rings (SSSR count). The monoisotopic (exact) mass is 524 g/mol. The Bertz CT molecular complexity index is 1380. The van der Waals surface area contributed by atoms with E-state index in [1.165, 1.54) is 18.2 Å². The van der Waals surface area contributed by atoms with Gasteiger partial charge in [-0.3, -0.25) is 0 Å². The second-order valence-corrected chi connectivity index (χ2v) is 10.6. The molecule has 1 aliphatic heterocycles. The molecule has 11 heteroatoms. The Kier molecular flexibility index (Phi) is 6.93. The van der Waals surface area contributed by atoms with Crippen LogP contribution in [0.3, 0.4) is 0 Å². The summed E-state index contributed by atoms with van der Waals surface area (Å²) in [5.41, 5.74) is 5.29. The number of rotatable bonds is 6. The van der Waals surface area contributed by atoms with E-state index in [0.717, 1.165) is 22.3 Å². The molecular weight excluding hydrogens is 498 g/mol. The fourth-order valence-electron chi connectivity index (χ4n) is 5.15. The summed E-state index contributed by atoms with van der Waals surface area (Å²) in [6.45, 7) is 1.77. The van der Waals surface area contributed by atoms with Gasteiger partial charge in [0.1, 0.15) is 12.4 Å². The van der Waals surface area contributed by atoms with E-state index in [-0.39, 0.29) is 23.6 Å². The fraction of sp³-hybridized carbons (Fsp3) is 0.269. The summed E-state index contributed by atoms with van der Waals surface area (Å²) in [5.74, 6) is -0.893. The first kappa shape index (κ1) is 25.3. The molecule has 2 N–H and O–H groups in total. The number of ether oxygens (including phenoxy) is 1. The van der Waals surface area contributed by atoms with Crippen LogP contribution in [0.15, 0.2) is 66.7 Å². The maximum Gasteiger partial charge on any atom is 0.488 e. The molecule has 0 radical (unpaired) electrons. The van der Waals surface area contributed by atoms with Gasteiger partial charge in [-0.25, -0.2) is 4.79 Å². The number of fused-ring (bicyclic) bond motifs is 3. The van der Waals surface area contributed by atoms with Gasteiger partial charge in [0, 0.05) is 37.8 Å². The maximum absolute atomic E-state index is 13.2. The molecule has 0 spiro atoms. The minimum atomic E-state index is -4.79. The highest BCUT2D eigenvalue weighted by Gasteiger charge is 2.30. The Labute approximate surface area is 215 Å². The van der Waals surface area contributed by atoms with Gasteiger partial charge in [0.05, 0.1) is 0 Å². The van der Waals surface area contributed by atoms with Crippen molar-refractivity contribution in [2.45, 2.75) is 11.7 Å². The van der Waals surface area contributed by atoms with E-state index in [1.807, 2.05) is 29.2 Å². The molecule has 0 saturated carbocycles. The number of carbonyl (C=O) groups excluding carboxylic acids is 1. The Hall–Kier alpha value is -3.41. The maximum atomic E-state index is 13.2. The second kappa shape index (κ2) is 10.2. The lowest BCUT2D eigenvalue weighted by Crippen LogP contribution is -2.49. The van der Waals surface area contributed by atoms with Crippen molar-refractivity contribution in [3.8, 4) is 11.1 Å². The summed E-state index contributed by atoms with van der Waals surface area (Å²) in [6, 6.07) is 20.5. The number of amides is 1. The van der Waals surface area contributed by atoms with Crippen molar-refractivity contribution in [3.63, 3.8) is 0 Å². The number of halogens is 1. The van der Waals surface area contributed by atoms with E-state index < -0.39 is 29.2 Å². The predicted octanol–water partition coefficient (Wildman–Crippen LogP) is 2.24.